The molecule has 1 aliphatic carbocycles. The van der Waals surface area contributed by atoms with E-state index in [9.17, 15) is 13.2 Å². The fraction of sp³-hybridized carbons (Fsp3) is 0.550. The number of nitrogens with zero attached hydrogens (tertiary/aromatic N) is 4. The molecule has 1 amide bonds. The molecule has 11 heteroatoms. The summed E-state index contributed by atoms with van der Waals surface area (Å²) in [5.41, 5.74) is 1.31. The highest BCUT2D eigenvalue weighted by Crippen LogP contribution is 2.42. The molecule has 10 nitrogen and oxygen atoms in total. The van der Waals surface area contributed by atoms with E-state index in [4.69, 9.17) is 14.6 Å². The first-order valence-corrected chi connectivity index (χ1v) is 12.0. The first-order valence-electron chi connectivity index (χ1n) is 10.3. The van der Waals surface area contributed by atoms with Crippen LogP contribution >= 0.6 is 0 Å². The predicted octanol–water partition coefficient (Wildman–Crippen LogP) is 0.804. The molecule has 0 spiro atoms. The fourth-order valence-corrected chi connectivity index (χ4v) is 4.11. The molecule has 2 aliphatic rings. The summed E-state index contributed by atoms with van der Waals surface area (Å²) in [7, 11) is -2.03. The number of aromatic nitrogens is 3. The Bertz CT molecular complexity index is 1030. The topological polar surface area (TPSA) is 130 Å². The number of morpholine rings is 1. The molecule has 1 aromatic heterocycles. The van der Waals surface area contributed by atoms with Gasteiger partial charge in [0.25, 0.3) is 5.91 Å². The summed E-state index contributed by atoms with van der Waals surface area (Å²) in [5, 5.41) is 9.71. The molecule has 2 fully saturated rings. The highest BCUT2D eigenvalue weighted by atomic mass is 32.2. The minimum absolute atomic E-state index is 0.0422. The van der Waals surface area contributed by atoms with Crippen LogP contribution in [0.5, 0.6) is 0 Å². The summed E-state index contributed by atoms with van der Waals surface area (Å²) < 4.78 is 35.4. The lowest BCUT2D eigenvalue weighted by atomic mass is 10.1. The van der Waals surface area contributed by atoms with Crippen LogP contribution in [0.3, 0.4) is 0 Å². The first-order chi connectivity index (χ1) is 14.9. The summed E-state index contributed by atoms with van der Waals surface area (Å²) in [6, 6.07) is 7.10. The molecular weight excluding hydrogens is 422 g/mol. The van der Waals surface area contributed by atoms with E-state index in [-0.39, 0.29) is 24.3 Å². The van der Waals surface area contributed by atoms with Gasteiger partial charge in [-0.2, -0.15) is 5.10 Å². The molecule has 1 aromatic carbocycles. The second-order valence-corrected chi connectivity index (χ2v) is 9.59. The van der Waals surface area contributed by atoms with E-state index >= 15 is 0 Å². The Morgan fingerprint density at radius 2 is 1.94 bits per heavy atom. The van der Waals surface area contributed by atoms with Crippen molar-refractivity contribution in [2.24, 2.45) is 11.1 Å². The maximum absolute atomic E-state index is 12.7. The van der Waals surface area contributed by atoms with Gasteiger partial charge in [0.05, 0.1) is 25.5 Å². The van der Waals surface area contributed by atoms with Crippen molar-refractivity contribution in [1.82, 2.24) is 19.7 Å². The van der Waals surface area contributed by atoms with Crippen LogP contribution in [0.1, 0.15) is 35.1 Å². The smallest absolute Gasteiger partial charge is 0.254 e. The normalized spacial score (nSPS) is 18.2. The van der Waals surface area contributed by atoms with Crippen LogP contribution in [0, 0.1) is 5.92 Å². The molecular formula is C20H27N5O5S. The van der Waals surface area contributed by atoms with Gasteiger partial charge in [-0.05, 0) is 30.9 Å². The minimum Gasteiger partial charge on any atom is -0.378 e. The molecule has 4 rings (SSSR count). The lowest BCUT2D eigenvalue weighted by Crippen LogP contribution is -2.40. The van der Waals surface area contributed by atoms with E-state index in [1.165, 1.54) is 0 Å². The SMILES string of the molecule is COC(c1nc(-c2ccc(C(=O)N3CCOCC3)cc2)n(CCS(N)(=O)=O)n1)C1CC1. The Hall–Kier alpha value is -2.34. The molecule has 168 valence electrons. The summed E-state index contributed by atoms with van der Waals surface area (Å²) in [6.45, 7) is 2.32. The second-order valence-electron chi connectivity index (χ2n) is 7.86. The number of nitrogens with two attached hydrogens (primary N) is 1. The first kappa shape index (κ1) is 21.9. The Morgan fingerprint density at radius 1 is 1.26 bits per heavy atom. The third-order valence-electron chi connectivity index (χ3n) is 5.52. The maximum atomic E-state index is 12.7. The molecule has 2 heterocycles. The van der Waals surface area contributed by atoms with Gasteiger partial charge in [-0.1, -0.05) is 12.1 Å². The van der Waals surface area contributed by atoms with E-state index < -0.39 is 10.0 Å². The molecule has 0 bridgehead atoms. The number of hydrogen-bond acceptors (Lipinski definition) is 7. The van der Waals surface area contributed by atoms with Gasteiger partial charge >= 0.3 is 0 Å². The number of rotatable bonds is 8. The van der Waals surface area contributed by atoms with Crippen LogP contribution in [0.4, 0.5) is 0 Å². The number of methoxy groups -OCH3 is 1. The largest absolute Gasteiger partial charge is 0.378 e. The Morgan fingerprint density at radius 3 is 2.52 bits per heavy atom. The summed E-state index contributed by atoms with van der Waals surface area (Å²) >= 11 is 0. The average Bonchev–Trinajstić information content (AvgIpc) is 3.51. The van der Waals surface area contributed by atoms with Crippen LogP contribution in [-0.4, -0.2) is 73.2 Å². The quantitative estimate of drug-likeness (QED) is 0.631. The highest BCUT2D eigenvalue weighted by Gasteiger charge is 2.35. The van der Waals surface area contributed by atoms with E-state index in [2.05, 4.69) is 10.1 Å². The number of carbonyl (C=O) groups is 1. The Balaban J connectivity index is 1.60. The van der Waals surface area contributed by atoms with Crippen molar-refractivity contribution in [3.05, 3.63) is 35.7 Å². The molecule has 1 saturated carbocycles. The number of ether oxygens (including phenoxy) is 2. The standard InChI is InChI=1S/C20H27N5O5S/c1-29-17(14-2-3-14)18-22-19(25(23-18)10-13-31(21,27)28)15-4-6-16(7-5-15)20(26)24-8-11-30-12-9-24/h4-7,14,17H,2-3,8-13H2,1H3,(H2,21,27,28). The van der Waals surface area contributed by atoms with Crippen molar-refractivity contribution in [1.29, 1.82) is 0 Å². The van der Waals surface area contributed by atoms with Crippen LogP contribution in [0.2, 0.25) is 0 Å². The second kappa shape index (κ2) is 9.03. The third-order valence-corrected chi connectivity index (χ3v) is 6.27. The van der Waals surface area contributed by atoms with Crippen molar-refractivity contribution in [2.45, 2.75) is 25.5 Å². The van der Waals surface area contributed by atoms with Crippen LogP contribution in [-0.2, 0) is 26.0 Å². The lowest BCUT2D eigenvalue weighted by Gasteiger charge is -2.26. The number of hydrogen-bond donors (Lipinski definition) is 1. The third kappa shape index (κ3) is 5.29. The lowest BCUT2D eigenvalue weighted by molar-refractivity contribution is 0.0303. The van der Waals surface area contributed by atoms with Crippen molar-refractivity contribution in [3.8, 4) is 11.4 Å². The van der Waals surface area contributed by atoms with Gasteiger partial charge in [0.15, 0.2) is 11.6 Å². The molecule has 1 saturated heterocycles. The number of aryl methyl sites for hydroxylation is 1. The van der Waals surface area contributed by atoms with Gasteiger partial charge < -0.3 is 14.4 Å². The van der Waals surface area contributed by atoms with Crippen molar-refractivity contribution in [2.75, 3.05) is 39.2 Å². The zero-order valence-electron chi connectivity index (χ0n) is 17.4. The van der Waals surface area contributed by atoms with E-state index in [1.54, 1.807) is 41.0 Å². The maximum Gasteiger partial charge on any atom is 0.254 e. The summed E-state index contributed by atoms with van der Waals surface area (Å²) in [5.74, 6) is 1.13. The van der Waals surface area contributed by atoms with Crippen LogP contribution in [0.25, 0.3) is 11.4 Å². The molecule has 2 N–H and O–H groups in total. The minimum atomic E-state index is -3.65. The Labute approximate surface area is 181 Å². The van der Waals surface area contributed by atoms with Gasteiger partial charge in [0.2, 0.25) is 10.0 Å². The number of carbonyl (C=O) groups excluding carboxylic acids is 1. The summed E-state index contributed by atoms with van der Waals surface area (Å²) in [6.07, 6.45) is 1.88. The van der Waals surface area contributed by atoms with Crippen molar-refractivity contribution >= 4 is 15.9 Å². The van der Waals surface area contributed by atoms with Gasteiger partial charge in [0.1, 0.15) is 6.10 Å². The van der Waals surface area contributed by atoms with Crippen LogP contribution in [0.15, 0.2) is 24.3 Å². The zero-order chi connectivity index (χ0) is 22.0. The van der Waals surface area contributed by atoms with Crippen molar-refractivity contribution < 1.29 is 22.7 Å². The fourth-order valence-electron chi connectivity index (χ4n) is 3.68. The number of amides is 1. The number of sulfonamides is 1. The molecule has 1 unspecified atom stereocenters. The van der Waals surface area contributed by atoms with Crippen LogP contribution < -0.4 is 5.14 Å². The van der Waals surface area contributed by atoms with E-state index in [0.29, 0.717) is 49.4 Å². The van der Waals surface area contributed by atoms with E-state index in [1.807, 2.05) is 0 Å². The number of primary sulfonamides is 1. The van der Waals surface area contributed by atoms with Gasteiger partial charge in [0, 0.05) is 31.3 Å². The summed E-state index contributed by atoms with van der Waals surface area (Å²) in [4.78, 5) is 19.1. The van der Waals surface area contributed by atoms with Crippen molar-refractivity contribution in [3.63, 3.8) is 0 Å². The van der Waals surface area contributed by atoms with Gasteiger partial charge in [-0.3, -0.25) is 4.79 Å². The molecule has 1 atom stereocenters. The number of benzene rings is 1. The van der Waals surface area contributed by atoms with E-state index in [0.717, 1.165) is 18.4 Å². The molecule has 0 radical (unpaired) electrons. The average molecular weight is 450 g/mol. The highest BCUT2D eigenvalue weighted by molar-refractivity contribution is 7.89. The molecule has 31 heavy (non-hydrogen) atoms. The zero-order valence-corrected chi connectivity index (χ0v) is 18.3. The predicted molar refractivity (Wildman–Crippen MR) is 113 cm³/mol. The monoisotopic (exact) mass is 449 g/mol. The Kier molecular flexibility index (Phi) is 6.37. The molecule has 2 aromatic rings. The molecule has 1 aliphatic heterocycles. The van der Waals surface area contributed by atoms with Gasteiger partial charge in [-0.15, -0.1) is 0 Å². The van der Waals surface area contributed by atoms with Gasteiger partial charge in [-0.25, -0.2) is 23.2 Å².